The predicted octanol–water partition coefficient (Wildman–Crippen LogP) is 1.80. The maximum atomic E-state index is 12.4. The molecule has 0 bridgehead atoms. The molecule has 0 spiro atoms. The highest BCUT2D eigenvalue weighted by atomic mass is 16.4. The van der Waals surface area contributed by atoms with Crippen molar-refractivity contribution in [1.29, 1.82) is 0 Å². The largest absolute Gasteiger partial charge is 0.480 e. The van der Waals surface area contributed by atoms with Crippen LogP contribution in [0.2, 0.25) is 0 Å². The Morgan fingerprint density at radius 3 is 2.50 bits per heavy atom. The molecule has 0 unspecified atom stereocenters. The van der Waals surface area contributed by atoms with Crippen molar-refractivity contribution in [2.45, 2.75) is 20.4 Å². The molecule has 6 nitrogen and oxygen atoms in total. The minimum absolute atomic E-state index is 0.376. The minimum atomic E-state index is -1.06. The number of nitrogens with zero attached hydrogens (tertiary/aromatic N) is 3. The van der Waals surface area contributed by atoms with Gasteiger partial charge in [-0.05, 0) is 32.1 Å². The molecule has 0 saturated carbocycles. The van der Waals surface area contributed by atoms with E-state index < -0.39 is 11.7 Å². The van der Waals surface area contributed by atoms with Crippen LogP contribution in [0, 0.1) is 0 Å². The number of hydrogen-bond donors (Lipinski definition) is 1. The van der Waals surface area contributed by atoms with Gasteiger partial charge in [-0.15, -0.1) is 0 Å². The summed E-state index contributed by atoms with van der Waals surface area (Å²) in [7, 11) is 0. The number of benzene rings is 1. The summed E-state index contributed by atoms with van der Waals surface area (Å²) < 4.78 is 2.64. The number of carboxylic acid groups (broad SMARTS) is 1. The molecule has 1 N–H and O–H groups in total. The molecule has 2 aromatic rings. The van der Waals surface area contributed by atoms with E-state index in [1.165, 1.54) is 9.13 Å². The summed E-state index contributed by atoms with van der Waals surface area (Å²) in [6, 6.07) is 7.05. The molecule has 0 amide bonds. The van der Waals surface area contributed by atoms with Crippen LogP contribution in [0.1, 0.15) is 13.8 Å². The van der Waals surface area contributed by atoms with Crippen molar-refractivity contribution in [3.63, 3.8) is 0 Å². The van der Waals surface area contributed by atoms with Crippen molar-refractivity contribution in [2.75, 3.05) is 0 Å². The average molecular weight is 273 g/mol. The molecule has 20 heavy (non-hydrogen) atoms. The van der Waals surface area contributed by atoms with Crippen molar-refractivity contribution in [3.05, 3.63) is 40.8 Å². The minimum Gasteiger partial charge on any atom is -0.480 e. The van der Waals surface area contributed by atoms with Crippen LogP contribution in [0.15, 0.2) is 40.1 Å². The van der Waals surface area contributed by atoms with Gasteiger partial charge in [-0.3, -0.25) is 9.36 Å². The molecule has 1 aromatic carbocycles. The van der Waals surface area contributed by atoms with E-state index in [9.17, 15) is 9.59 Å². The van der Waals surface area contributed by atoms with E-state index >= 15 is 0 Å². The van der Waals surface area contributed by atoms with Gasteiger partial charge in [0.2, 0.25) is 0 Å². The molecule has 0 aliphatic rings. The lowest BCUT2D eigenvalue weighted by Gasteiger charge is -2.02. The molecular weight excluding hydrogens is 258 g/mol. The van der Waals surface area contributed by atoms with Crippen molar-refractivity contribution < 1.29 is 9.90 Å². The number of rotatable bonds is 4. The average Bonchev–Trinajstić information content (AvgIpc) is 2.69. The summed E-state index contributed by atoms with van der Waals surface area (Å²) in [6.45, 7) is 3.15. The number of aromatic nitrogens is 2. The standard InChI is InChI=1S/C14H15N3O3/c1-3-12(15-4-2)17-11-8-6-5-7-10(11)16(14(17)20)9-13(18)19/h3-8H,9H2,1-2H3,(H,18,19)/b12-3+,15-4-. The third kappa shape index (κ3) is 2.27. The Morgan fingerprint density at radius 2 is 1.95 bits per heavy atom. The highest BCUT2D eigenvalue weighted by molar-refractivity contribution is 5.82. The number of fused-ring (bicyclic) bond motifs is 1. The zero-order valence-corrected chi connectivity index (χ0v) is 11.3. The number of carboxylic acids is 1. The van der Waals surface area contributed by atoms with Crippen LogP contribution in [0.4, 0.5) is 0 Å². The summed E-state index contributed by atoms with van der Waals surface area (Å²) in [5.74, 6) is -0.589. The SMILES string of the molecule is C/C=N\C(=C/C)n1c(=O)n(CC(=O)O)c2ccccc21. The second-order valence-electron chi connectivity index (χ2n) is 4.12. The van der Waals surface area contributed by atoms with Gasteiger partial charge < -0.3 is 5.11 Å². The fourth-order valence-electron chi connectivity index (χ4n) is 2.11. The molecular formula is C14H15N3O3. The van der Waals surface area contributed by atoms with Crippen LogP contribution in [0.25, 0.3) is 16.9 Å². The molecule has 1 aromatic heterocycles. The Hall–Kier alpha value is -2.63. The molecule has 0 aliphatic carbocycles. The zero-order chi connectivity index (χ0) is 14.7. The third-order valence-electron chi connectivity index (χ3n) is 2.88. The van der Waals surface area contributed by atoms with E-state index in [1.807, 2.05) is 0 Å². The van der Waals surface area contributed by atoms with Gasteiger partial charge in [0.05, 0.1) is 11.0 Å². The molecule has 6 heteroatoms. The second-order valence-corrected chi connectivity index (χ2v) is 4.12. The number of imidazole rings is 1. The monoisotopic (exact) mass is 273 g/mol. The normalized spacial score (nSPS) is 12.4. The first-order chi connectivity index (χ1) is 9.60. The van der Waals surface area contributed by atoms with E-state index in [-0.39, 0.29) is 6.54 Å². The number of carbonyl (C=O) groups is 1. The lowest BCUT2D eigenvalue weighted by molar-refractivity contribution is -0.137. The summed E-state index contributed by atoms with van der Waals surface area (Å²) in [6.07, 6.45) is 3.30. The summed E-state index contributed by atoms with van der Waals surface area (Å²) >= 11 is 0. The van der Waals surface area contributed by atoms with Crippen LogP contribution in [-0.4, -0.2) is 26.4 Å². The van der Waals surface area contributed by atoms with Gasteiger partial charge in [-0.2, -0.15) is 0 Å². The summed E-state index contributed by atoms with van der Waals surface area (Å²) in [5, 5.41) is 8.95. The van der Waals surface area contributed by atoms with Gasteiger partial charge >= 0.3 is 11.7 Å². The first-order valence-electron chi connectivity index (χ1n) is 6.17. The first-order valence-corrected chi connectivity index (χ1v) is 6.17. The van der Waals surface area contributed by atoms with Crippen molar-refractivity contribution >= 4 is 29.0 Å². The highest BCUT2D eigenvalue weighted by Crippen LogP contribution is 2.17. The number of aliphatic carboxylic acids is 1. The van der Waals surface area contributed by atoms with Crippen LogP contribution in [0.3, 0.4) is 0 Å². The Labute approximate surface area is 115 Å². The molecule has 0 atom stereocenters. The number of hydrogen-bond acceptors (Lipinski definition) is 3. The van der Waals surface area contributed by atoms with E-state index in [0.29, 0.717) is 16.9 Å². The van der Waals surface area contributed by atoms with Gasteiger partial charge in [0.1, 0.15) is 12.4 Å². The number of allylic oxidation sites excluding steroid dienone is 1. The molecule has 104 valence electrons. The lowest BCUT2D eigenvalue weighted by atomic mass is 10.3. The van der Waals surface area contributed by atoms with Gasteiger partial charge in [0.15, 0.2) is 0 Å². The molecule has 1 heterocycles. The molecule has 0 aliphatic heterocycles. The Morgan fingerprint density at radius 1 is 1.30 bits per heavy atom. The zero-order valence-electron chi connectivity index (χ0n) is 11.3. The maximum absolute atomic E-state index is 12.4. The van der Waals surface area contributed by atoms with Crippen molar-refractivity contribution in [2.24, 2.45) is 4.99 Å². The smallest absolute Gasteiger partial charge is 0.335 e. The van der Waals surface area contributed by atoms with Crippen molar-refractivity contribution in [3.8, 4) is 0 Å². The van der Waals surface area contributed by atoms with Crippen LogP contribution < -0.4 is 5.69 Å². The lowest BCUT2D eigenvalue weighted by Crippen LogP contribution is -2.26. The summed E-state index contributed by atoms with van der Waals surface area (Å²) in [5.41, 5.74) is 0.801. The van der Waals surface area contributed by atoms with Crippen LogP contribution >= 0.6 is 0 Å². The number of aliphatic imine (C=N–C) groups is 1. The van der Waals surface area contributed by atoms with Crippen LogP contribution in [0.5, 0.6) is 0 Å². The van der Waals surface area contributed by atoms with Gasteiger partial charge in [-0.25, -0.2) is 14.4 Å². The van der Waals surface area contributed by atoms with E-state index in [2.05, 4.69) is 4.99 Å². The van der Waals surface area contributed by atoms with E-state index in [4.69, 9.17) is 5.11 Å². The topological polar surface area (TPSA) is 76.6 Å². The third-order valence-corrected chi connectivity index (χ3v) is 2.88. The quantitative estimate of drug-likeness (QED) is 0.863. The molecule has 0 saturated heterocycles. The number of para-hydroxylation sites is 2. The Balaban J connectivity index is 2.82. The highest BCUT2D eigenvalue weighted by Gasteiger charge is 2.16. The van der Waals surface area contributed by atoms with Crippen LogP contribution in [-0.2, 0) is 11.3 Å². The first kappa shape index (κ1) is 13.8. The Bertz CT molecular complexity index is 766. The molecule has 2 rings (SSSR count). The fourth-order valence-corrected chi connectivity index (χ4v) is 2.11. The van der Waals surface area contributed by atoms with Gasteiger partial charge in [0.25, 0.3) is 0 Å². The molecule has 0 radical (unpaired) electrons. The Kier molecular flexibility index (Phi) is 3.84. The van der Waals surface area contributed by atoms with Crippen molar-refractivity contribution in [1.82, 2.24) is 9.13 Å². The van der Waals surface area contributed by atoms with Gasteiger partial charge in [0, 0.05) is 6.21 Å². The predicted molar refractivity (Wildman–Crippen MR) is 77.9 cm³/mol. The van der Waals surface area contributed by atoms with E-state index in [0.717, 1.165) is 0 Å². The molecule has 0 fully saturated rings. The maximum Gasteiger partial charge on any atom is 0.335 e. The summed E-state index contributed by atoms with van der Waals surface area (Å²) in [4.78, 5) is 27.5. The van der Waals surface area contributed by atoms with Gasteiger partial charge in [-0.1, -0.05) is 12.1 Å². The fraction of sp³-hybridized carbons (Fsp3) is 0.214. The second kappa shape index (κ2) is 5.56. The van der Waals surface area contributed by atoms with E-state index in [1.54, 1.807) is 50.4 Å².